The molecule has 6 rings (SSSR count). The van der Waals surface area contributed by atoms with Crippen LogP contribution in [0.5, 0.6) is 5.75 Å². The van der Waals surface area contributed by atoms with Crippen LogP contribution < -0.4 is 9.22 Å². The number of aryl methyl sites for hydroxylation is 1. The number of fused-ring (bicyclic) bond motifs is 3. The number of quaternary nitrogens is 1. The number of ether oxygens (including phenoxy) is 1. The molecule has 202 valence electrons. The Hall–Kier alpha value is -3.63. The molecular weight excluding hydrogens is 528 g/mol. The number of nitrogens with zero attached hydrogens (tertiary/aromatic N) is 5. The molecule has 0 spiro atoms. The molecule has 2 bridgehead atoms. The molecule has 4 aromatic rings. The Morgan fingerprint density at radius 3 is 2.51 bits per heavy atom. The van der Waals surface area contributed by atoms with Crippen LogP contribution in [0.25, 0.3) is 22.2 Å². The summed E-state index contributed by atoms with van der Waals surface area (Å²) in [7, 11) is 0. The van der Waals surface area contributed by atoms with Gasteiger partial charge in [0.15, 0.2) is 0 Å². The Morgan fingerprint density at radius 1 is 1.13 bits per heavy atom. The number of halogens is 3. The molecule has 2 aromatic heterocycles. The zero-order chi connectivity index (χ0) is 27.3. The number of hydrogen-bond donors (Lipinski definition) is 1. The molecule has 3 heterocycles. The molecule has 3 atom stereocenters. The number of imidazole rings is 1. The lowest BCUT2D eigenvalue weighted by atomic mass is 9.97. The lowest BCUT2D eigenvalue weighted by Crippen LogP contribution is -2.60. The van der Waals surface area contributed by atoms with Crippen molar-refractivity contribution in [2.75, 3.05) is 13.1 Å². The molecule has 1 aliphatic carbocycles. The van der Waals surface area contributed by atoms with Crippen molar-refractivity contribution in [3.05, 3.63) is 65.2 Å². The third-order valence-electron chi connectivity index (χ3n) is 8.02. The number of alkyl halides is 2. The number of carboxylic acid groups (broad SMARTS) is 1. The first kappa shape index (κ1) is 25.6. The fourth-order valence-corrected chi connectivity index (χ4v) is 6.43. The zero-order valence-electron chi connectivity index (χ0n) is 21.2. The Bertz CT molecular complexity index is 1550. The van der Waals surface area contributed by atoms with Crippen molar-refractivity contribution in [1.82, 2.24) is 24.0 Å². The van der Waals surface area contributed by atoms with Gasteiger partial charge in [0.25, 0.3) is 0 Å². The third kappa shape index (κ3) is 4.72. The maximum absolute atomic E-state index is 13.0. The highest BCUT2D eigenvalue weighted by Crippen LogP contribution is 2.41. The summed E-state index contributed by atoms with van der Waals surface area (Å²) in [4.78, 5) is 26.1. The fourth-order valence-electron chi connectivity index (χ4n) is 6.24. The minimum absolute atomic E-state index is 0.0532. The summed E-state index contributed by atoms with van der Waals surface area (Å²) < 4.78 is 32.4. The van der Waals surface area contributed by atoms with Gasteiger partial charge in [0.2, 0.25) is 0 Å². The lowest BCUT2D eigenvalue weighted by molar-refractivity contribution is -0.0504. The second-order valence-corrected chi connectivity index (χ2v) is 10.9. The van der Waals surface area contributed by atoms with Crippen LogP contribution in [0, 0.1) is 18.8 Å². The number of likely N-dealkylation sites (tertiary alicyclic amines) is 1. The number of hydrogen-bond acceptors (Lipinski definition) is 5. The van der Waals surface area contributed by atoms with Gasteiger partial charge >= 0.3 is 18.7 Å². The number of rotatable bonds is 6. The van der Waals surface area contributed by atoms with Crippen LogP contribution in [0.3, 0.4) is 0 Å². The SMILES string of the molecule is Cc1nc2ccc(-c3cnc([N+]4(C(=O)O)C[C@@H]5CC[C@@H](C5)C4)nc3)cc2n1Cc1cc(Cl)ccc1OC(F)F. The molecule has 1 N–H and O–H groups in total. The maximum atomic E-state index is 13.0. The standard InChI is InChI=1S/C28H26ClF2N5O3/c1-16-34-23-6-4-19(10-24(23)35(16)13-20-9-22(29)5-7-25(20)39-26(30)31)21-11-32-27(33-12-21)36(28(37)38)14-17-2-3-18(8-17)15-36/h4-7,9-12,17-18,26H,2-3,8,13-15H2,1H3/p+1/t17-,18+,36?. The maximum Gasteiger partial charge on any atom is 0.521 e. The molecule has 1 saturated carbocycles. The molecular formula is C28H27ClF2N5O3+. The molecule has 1 unspecified atom stereocenters. The van der Waals surface area contributed by atoms with Gasteiger partial charge in [0.05, 0.1) is 30.7 Å². The van der Waals surface area contributed by atoms with Gasteiger partial charge in [-0.3, -0.25) is 0 Å². The highest BCUT2D eigenvalue weighted by Gasteiger charge is 2.52. The topological polar surface area (TPSA) is 90.1 Å². The van der Waals surface area contributed by atoms with E-state index in [2.05, 4.69) is 15.0 Å². The molecule has 2 aromatic carbocycles. The first-order chi connectivity index (χ1) is 18.7. The van der Waals surface area contributed by atoms with Crippen molar-refractivity contribution in [2.45, 2.75) is 39.3 Å². The Balaban J connectivity index is 1.33. The van der Waals surface area contributed by atoms with E-state index in [1.165, 1.54) is 12.1 Å². The number of carbonyl (C=O) groups is 1. The lowest BCUT2D eigenvalue weighted by Gasteiger charge is -2.36. The van der Waals surface area contributed by atoms with E-state index in [1.807, 2.05) is 29.7 Å². The molecule has 11 heteroatoms. The first-order valence-electron chi connectivity index (χ1n) is 12.9. The van der Waals surface area contributed by atoms with E-state index in [1.54, 1.807) is 18.5 Å². The van der Waals surface area contributed by atoms with Gasteiger partial charge in [-0.1, -0.05) is 17.7 Å². The average molecular weight is 555 g/mol. The van der Waals surface area contributed by atoms with E-state index in [9.17, 15) is 18.7 Å². The van der Waals surface area contributed by atoms with Crippen molar-refractivity contribution < 1.29 is 23.4 Å². The van der Waals surface area contributed by atoms with E-state index in [0.717, 1.165) is 41.4 Å². The zero-order valence-corrected chi connectivity index (χ0v) is 22.0. The van der Waals surface area contributed by atoms with Gasteiger partial charge in [0.1, 0.15) is 11.6 Å². The van der Waals surface area contributed by atoms with Crippen molar-refractivity contribution in [3.8, 4) is 16.9 Å². The number of piperidine rings is 1. The summed E-state index contributed by atoms with van der Waals surface area (Å²) in [5.41, 5.74) is 3.59. The molecule has 8 nitrogen and oxygen atoms in total. The minimum Gasteiger partial charge on any atom is -0.435 e. The summed E-state index contributed by atoms with van der Waals surface area (Å²) in [6, 6.07) is 10.3. The molecule has 39 heavy (non-hydrogen) atoms. The van der Waals surface area contributed by atoms with E-state index in [4.69, 9.17) is 16.3 Å². The summed E-state index contributed by atoms with van der Waals surface area (Å²) in [6.07, 6.45) is 5.65. The van der Waals surface area contributed by atoms with Gasteiger partial charge in [-0.15, -0.1) is 0 Å². The number of amides is 1. The van der Waals surface area contributed by atoms with Crippen LogP contribution in [0.15, 0.2) is 48.8 Å². The van der Waals surface area contributed by atoms with Crippen LogP contribution in [0.2, 0.25) is 5.02 Å². The predicted octanol–water partition coefficient (Wildman–Crippen LogP) is 6.52. The molecule has 1 saturated heterocycles. The number of aromatic nitrogens is 4. The van der Waals surface area contributed by atoms with Gasteiger partial charge in [-0.05, 0) is 62.1 Å². The summed E-state index contributed by atoms with van der Waals surface area (Å²) >= 11 is 6.15. The predicted molar refractivity (Wildman–Crippen MR) is 143 cm³/mol. The van der Waals surface area contributed by atoms with Crippen molar-refractivity contribution in [2.24, 2.45) is 11.8 Å². The Morgan fingerprint density at radius 2 is 1.85 bits per heavy atom. The van der Waals surface area contributed by atoms with E-state index >= 15 is 0 Å². The average Bonchev–Trinajstić information content (AvgIpc) is 3.42. The van der Waals surface area contributed by atoms with E-state index in [-0.39, 0.29) is 16.8 Å². The van der Waals surface area contributed by atoms with Crippen LogP contribution in [0.4, 0.5) is 19.5 Å². The van der Waals surface area contributed by atoms with Crippen LogP contribution >= 0.6 is 11.6 Å². The smallest absolute Gasteiger partial charge is 0.435 e. The molecule has 2 aliphatic rings. The fraction of sp³-hybridized carbons (Fsp3) is 0.357. The van der Waals surface area contributed by atoms with Gasteiger partial charge in [0, 0.05) is 40.4 Å². The van der Waals surface area contributed by atoms with Crippen molar-refractivity contribution >= 4 is 34.7 Å². The summed E-state index contributed by atoms with van der Waals surface area (Å²) in [6.45, 7) is 0.163. The summed E-state index contributed by atoms with van der Waals surface area (Å²) in [5.74, 6) is 1.85. The normalized spacial score (nSPS) is 22.5. The quantitative estimate of drug-likeness (QED) is 0.273. The highest BCUT2D eigenvalue weighted by atomic mass is 35.5. The van der Waals surface area contributed by atoms with Gasteiger partial charge in [-0.25, -0.2) is 4.98 Å². The van der Waals surface area contributed by atoms with Gasteiger partial charge < -0.3 is 14.4 Å². The Kier molecular flexibility index (Phi) is 6.47. The van der Waals surface area contributed by atoms with E-state index in [0.29, 0.717) is 47.3 Å². The first-order valence-corrected chi connectivity index (χ1v) is 13.2. The monoisotopic (exact) mass is 554 g/mol. The van der Waals surface area contributed by atoms with Crippen molar-refractivity contribution in [1.29, 1.82) is 0 Å². The van der Waals surface area contributed by atoms with Gasteiger partial charge in [-0.2, -0.15) is 28.0 Å². The highest BCUT2D eigenvalue weighted by molar-refractivity contribution is 6.30. The second kappa shape index (κ2) is 9.84. The Labute approximate surface area is 228 Å². The number of benzene rings is 2. The summed E-state index contributed by atoms with van der Waals surface area (Å²) in [5, 5.41) is 10.6. The van der Waals surface area contributed by atoms with Crippen LogP contribution in [0.1, 0.15) is 30.7 Å². The molecule has 0 radical (unpaired) electrons. The third-order valence-corrected chi connectivity index (χ3v) is 8.25. The van der Waals surface area contributed by atoms with E-state index < -0.39 is 12.7 Å². The largest absolute Gasteiger partial charge is 0.521 e. The second-order valence-electron chi connectivity index (χ2n) is 10.5. The molecule has 1 amide bonds. The van der Waals surface area contributed by atoms with Crippen LogP contribution in [-0.2, 0) is 6.54 Å². The van der Waals surface area contributed by atoms with Crippen LogP contribution in [-0.4, -0.2) is 50.4 Å². The molecule has 1 aliphatic heterocycles. The molecule has 2 fully saturated rings. The minimum atomic E-state index is -2.96. The van der Waals surface area contributed by atoms with Crippen molar-refractivity contribution in [3.63, 3.8) is 0 Å².